The second kappa shape index (κ2) is 1.39. The summed E-state index contributed by atoms with van der Waals surface area (Å²) in [7, 11) is 1.67. The second-order valence-electron chi connectivity index (χ2n) is 1.26. The van der Waals surface area contributed by atoms with Gasteiger partial charge in [-0.15, -0.1) is 0 Å². The van der Waals surface area contributed by atoms with E-state index < -0.39 is 0 Å². The first kappa shape index (κ1) is 3.81. The van der Waals surface area contributed by atoms with E-state index in [4.69, 9.17) is 4.74 Å². The molecule has 0 spiro atoms. The smallest absolute Gasteiger partial charge is 0.152 e. The zero-order valence-electron chi connectivity index (χ0n) is 3.72. The standard InChI is InChI=1S/C4H7NO/c1-6-4-2-3-5-4/h3-4H,2H2,1H3. The van der Waals surface area contributed by atoms with E-state index in [0.717, 1.165) is 6.42 Å². The number of ether oxygens (including phenoxy) is 1. The summed E-state index contributed by atoms with van der Waals surface area (Å²) in [5, 5.41) is 0. The molecule has 0 aromatic heterocycles. The maximum Gasteiger partial charge on any atom is 0.152 e. The van der Waals surface area contributed by atoms with Gasteiger partial charge in [-0.05, 0) is 0 Å². The van der Waals surface area contributed by atoms with Crippen molar-refractivity contribution in [1.82, 2.24) is 0 Å². The van der Waals surface area contributed by atoms with Crippen molar-refractivity contribution in [3.63, 3.8) is 0 Å². The molecule has 0 N–H and O–H groups in total. The highest BCUT2D eigenvalue weighted by molar-refractivity contribution is 5.63. The van der Waals surface area contributed by atoms with E-state index >= 15 is 0 Å². The molecule has 0 aliphatic carbocycles. The maximum atomic E-state index is 4.79. The first-order valence-corrected chi connectivity index (χ1v) is 1.98. The van der Waals surface area contributed by atoms with Gasteiger partial charge in [0.15, 0.2) is 6.23 Å². The lowest BCUT2D eigenvalue weighted by Crippen LogP contribution is -2.15. The molecule has 0 bridgehead atoms. The van der Waals surface area contributed by atoms with Crippen LogP contribution in [0.4, 0.5) is 0 Å². The molecule has 1 aliphatic heterocycles. The summed E-state index contributed by atoms with van der Waals surface area (Å²) >= 11 is 0. The van der Waals surface area contributed by atoms with Crippen molar-refractivity contribution in [2.75, 3.05) is 7.11 Å². The van der Waals surface area contributed by atoms with E-state index in [2.05, 4.69) is 4.99 Å². The van der Waals surface area contributed by atoms with Crippen LogP contribution in [-0.2, 0) is 4.74 Å². The highest BCUT2D eigenvalue weighted by Gasteiger charge is 2.06. The lowest BCUT2D eigenvalue weighted by molar-refractivity contribution is 0.105. The molecule has 0 saturated heterocycles. The minimum Gasteiger partial charge on any atom is -0.359 e. The highest BCUT2D eigenvalue weighted by atomic mass is 16.5. The third kappa shape index (κ3) is 0.431. The Morgan fingerprint density at radius 3 is 2.67 bits per heavy atom. The molecule has 0 fully saturated rings. The van der Waals surface area contributed by atoms with E-state index in [-0.39, 0.29) is 6.23 Å². The van der Waals surface area contributed by atoms with Crippen molar-refractivity contribution < 1.29 is 4.74 Å². The van der Waals surface area contributed by atoms with Gasteiger partial charge in [-0.25, -0.2) is 0 Å². The van der Waals surface area contributed by atoms with Gasteiger partial charge in [0.2, 0.25) is 0 Å². The molecule has 1 aliphatic rings. The molecule has 0 saturated carbocycles. The van der Waals surface area contributed by atoms with Gasteiger partial charge in [-0.3, -0.25) is 4.99 Å². The van der Waals surface area contributed by atoms with Gasteiger partial charge in [0.05, 0.1) is 0 Å². The number of nitrogens with zero attached hydrogens (tertiary/aromatic N) is 1. The summed E-state index contributed by atoms with van der Waals surface area (Å²) in [4.78, 5) is 3.84. The fraction of sp³-hybridized carbons (Fsp3) is 0.750. The Balaban J connectivity index is 2.21. The molecular formula is C4H7NO. The van der Waals surface area contributed by atoms with Crippen LogP contribution < -0.4 is 0 Å². The molecule has 1 atom stereocenters. The lowest BCUT2D eigenvalue weighted by Gasteiger charge is -2.12. The molecule has 34 valence electrons. The normalized spacial score (nSPS) is 29.8. The molecule has 6 heavy (non-hydrogen) atoms. The van der Waals surface area contributed by atoms with E-state index in [1.165, 1.54) is 0 Å². The van der Waals surface area contributed by atoms with Gasteiger partial charge in [0.25, 0.3) is 0 Å². The van der Waals surface area contributed by atoms with Gasteiger partial charge in [-0.1, -0.05) is 0 Å². The van der Waals surface area contributed by atoms with Crippen LogP contribution in [0.15, 0.2) is 4.99 Å². The number of hydrogen-bond donors (Lipinski definition) is 0. The molecule has 2 nitrogen and oxygen atoms in total. The molecular weight excluding hydrogens is 78.0 g/mol. The summed E-state index contributed by atoms with van der Waals surface area (Å²) < 4.78 is 4.79. The van der Waals surface area contributed by atoms with Gasteiger partial charge >= 0.3 is 0 Å². The Hall–Kier alpha value is -0.370. The first-order chi connectivity index (χ1) is 2.93. The van der Waals surface area contributed by atoms with E-state index in [0.29, 0.717) is 0 Å². The largest absolute Gasteiger partial charge is 0.359 e. The molecule has 2 heteroatoms. The van der Waals surface area contributed by atoms with Crippen LogP contribution in [0.25, 0.3) is 0 Å². The van der Waals surface area contributed by atoms with Gasteiger partial charge in [0, 0.05) is 19.7 Å². The van der Waals surface area contributed by atoms with Crippen molar-refractivity contribution in [2.45, 2.75) is 12.6 Å². The number of methoxy groups -OCH3 is 1. The Bertz CT molecular complexity index is 69.9. The Morgan fingerprint density at radius 1 is 2.00 bits per heavy atom. The van der Waals surface area contributed by atoms with Crippen LogP contribution in [-0.4, -0.2) is 19.6 Å². The van der Waals surface area contributed by atoms with Crippen LogP contribution in [0.2, 0.25) is 0 Å². The average Bonchev–Trinajstić information content (AvgIpc) is 1.31. The van der Waals surface area contributed by atoms with E-state index in [9.17, 15) is 0 Å². The third-order valence-corrected chi connectivity index (χ3v) is 0.851. The van der Waals surface area contributed by atoms with E-state index in [1.54, 1.807) is 7.11 Å². The molecule has 1 unspecified atom stereocenters. The van der Waals surface area contributed by atoms with Gasteiger partial charge in [0.1, 0.15) is 0 Å². The van der Waals surface area contributed by atoms with Crippen molar-refractivity contribution in [1.29, 1.82) is 0 Å². The topological polar surface area (TPSA) is 21.6 Å². The minimum atomic E-state index is 0.185. The summed E-state index contributed by atoms with van der Waals surface area (Å²) in [5.41, 5.74) is 0. The molecule has 1 rings (SSSR count). The fourth-order valence-corrected chi connectivity index (χ4v) is 0.349. The van der Waals surface area contributed by atoms with Crippen LogP contribution in [0.5, 0.6) is 0 Å². The quantitative estimate of drug-likeness (QED) is 0.452. The Morgan fingerprint density at radius 2 is 2.67 bits per heavy atom. The molecule has 0 aromatic rings. The van der Waals surface area contributed by atoms with Gasteiger partial charge in [-0.2, -0.15) is 0 Å². The average molecular weight is 85.1 g/mol. The summed E-state index contributed by atoms with van der Waals surface area (Å²) in [5.74, 6) is 0. The second-order valence-corrected chi connectivity index (χ2v) is 1.26. The third-order valence-electron chi connectivity index (χ3n) is 0.851. The van der Waals surface area contributed by atoms with E-state index in [1.807, 2.05) is 6.21 Å². The number of hydrogen-bond acceptors (Lipinski definition) is 2. The molecule has 1 heterocycles. The predicted octanol–water partition coefficient (Wildman–Crippen LogP) is 0.433. The molecule has 0 radical (unpaired) electrons. The summed E-state index contributed by atoms with van der Waals surface area (Å²) in [6.07, 6.45) is 3.04. The maximum absolute atomic E-state index is 4.79. The zero-order valence-corrected chi connectivity index (χ0v) is 3.72. The zero-order chi connectivity index (χ0) is 4.41. The Labute approximate surface area is 36.8 Å². The number of aliphatic imine (C=N–C) groups is 1. The fourth-order valence-electron chi connectivity index (χ4n) is 0.349. The SMILES string of the molecule is COC1CC=N1. The van der Waals surface area contributed by atoms with Crippen LogP contribution in [0, 0.1) is 0 Å². The monoisotopic (exact) mass is 85.1 g/mol. The van der Waals surface area contributed by atoms with Crippen molar-refractivity contribution in [3.05, 3.63) is 0 Å². The lowest BCUT2D eigenvalue weighted by atomic mass is 10.3. The van der Waals surface area contributed by atoms with Crippen LogP contribution in [0.1, 0.15) is 6.42 Å². The van der Waals surface area contributed by atoms with Crippen molar-refractivity contribution in [2.24, 2.45) is 4.99 Å². The Kier molecular flexibility index (Phi) is 0.881. The van der Waals surface area contributed by atoms with Crippen molar-refractivity contribution in [3.8, 4) is 0 Å². The van der Waals surface area contributed by atoms with Crippen LogP contribution in [0.3, 0.4) is 0 Å². The summed E-state index contributed by atoms with van der Waals surface area (Å²) in [6, 6.07) is 0. The first-order valence-electron chi connectivity index (χ1n) is 1.98. The predicted molar refractivity (Wildman–Crippen MR) is 23.9 cm³/mol. The summed E-state index contributed by atoms with van der Waals surface area (Å²) in [6.45, 7) is 0. The highest BCUT2D eigenvalue weighted by Crippen LogP contribution is 2.03. The number of rotatable bonds is 1. The molecule has 0 aromatic carbocycles. The van der Waals surface area contributed by atoms with Crippen molar-refractivity contribution >= 4 is 6.21 Å². The minimum absolute atomic E-state index is 0.185. The van der Waals surface area contributed by atoms with Gasteiger partial charge < -0.3 is 4.74 Å². The molecule has 0 amide bonds. The van der Waals surface area contributed by atoms with Crippen LogP contribution >= 0.6 is 0 Å².